The molecule has 2 N–H and O–H groups in total. The van der Waals surface area contributed by atoms with E-state index in [0.717, 1.165) is 23.2 Å². The average molecular weight is 412 g/mol. The van der Waals surface area contributed by atoms with Crippen molar-refractivity contribution in [3.05, 3.63) is 65.0 Å². The molecule has 0 spiro atoms. The molecule has 1 amide bonds. The van der Waals surface area contributed by atoms with E-state index in [1.54, 1.807) is 25.1 Å². The van der Waals surface area contributed by atoms with Crippen LogP contribution in [0.4, 0.5) is 19.0 Å². The summed E-state index contributed by atoms with van der Waals surface area (Å²) in [5.41, 5.74) is 7.08. The molecule has 1 atom stereocenters. The molecule has 0 aliphatic rings. The van der Waals surface area contributed by atoms with Gasteiger partial charge in [-0.15, -0.1) is 6.42 Å². The molecule has 3 aromatic rings. The fourth-order valence-corrected chi connectivity index (χ4v) is 2.93. The number of halogens is 3. The molecular formula is C22H19F3N4O. The van der Waals surface area contributed by atoms with Crippen molar-refractivity contribution >= 4 is 22.6 Å². The van der Waals surface area contributed by atoms with Gasteiger partial charge in [-0.1, -0.05) is 5.92 Å². The number of amides is 1. The number of carbonyl (C=O) groups is 1. The summed E-state index contributed by atoms with van der Waals surface area (Å²) in [5.74, 6) is 2.55. The van der Waals surface area contributed by atoms with Gasteiger partial charge in [0.25, 0.3) is 5.91 Å². The Morgan fingerprint density at radius 2 is 2.00 bits per heavy atom. The van der Waals surface area contributed by atoms with Gasteiger partial charge in [-0.2, -0.15) is 13.2 Å². The predicted molar refractivity (Wildman–Crippen MR) is 108 cm³/mol. The average Bonchev–Trinajstić information content (AvgIpc) is 2.71. The lowest BCUT2D eigenvalue weighted by Crippen LogP contribution is -2.37. The van der Waals surface area contributed by atoms with E-state index in [1.807, 2.05) is 13.0 Å². The molecule has 0 fully saturated rings. The van der Waals surface area contributed by atoms with Gasteiger partial charge in [-0.25, -0.2) is 4.98 Å². The number of carbonyl (C=O) groups excluding carboxylic acids is 1. The number of hydrogen-bond donors (Lipinski definition) is 1. The standard InChI is InChI=1S/C22H19F3N4O/c1-4-14(3)29(12-18-7-6-17(11-27-18)22(23,24)25)21(30)15-5-8-19-16(10-15)9-13(2)20(26)28-19/h1,5-11,14H,12H2,2-3H3,(H2,26,28). The van der Waals surface area contributed by atoms with E-state index in [1.165, 1.54) is 11.0 Å². The fraction of sp³-hybridized carbons (Fsp3) is 0.227. The first kappa shape index (κ1) is 21.1. The lowest BCUT2D eigenvalue weighted by molar-refractivity contribution is -0.137. The van der Waals surface area contributed by atoms with Gasteiger partial charge in [0.1, 0.15) is 5.82 Å². The lowest BCUT2D eigenvalue weighted by Gasteiger charge is -2.26. The van der Waals surface area contributed by atoms with Gasteiger partial charge in [0.15, 0.2) is 0 Å². The summed E-state index contributed by atoms with van der Waals surface area (Å²) in [6, 6.07) is 8.40. The monoisotopic (exact) mass is 412 g/mol. The van der Waals surface area contributed by atoms with Gasteiger partial charge in [0.2, 0.25) is 0 Å². The van der Waals surface area contributed by atoms with Gasteiger partial charge in [0.05, 0.1) is 29.4 Å². The summed E-state index contributed by atoms with van der Waals surface area (Å²) in [6.07, 6.45) is 1.78. The van der Waals surface area contributed by atoms with E-state index >= 15 is 0 Å². The second kappa shape index (κ2) is 8.03. The molecule has 2 heterocycles. The molecule has 30 heavy (non-hydrogen) atoms. The van der Waals surface area contributed by atoms with Crippen LogP contribution in [-0.2, 0) is 12.7 Å². The molecule has 0 radical (unpaired) electrons. The number of anilines is 1. The van der Waals surface area contributed by atoms with Crippen molar-refractivity contribution in [3.8, 4) is 12.3 Å². The van der Waals surface area contributed by atoms with Crippen LogP contribution in [0.2, 0.25) is 0 Å². The number of aryl methyl sites for hydroxylation is 1. The summed E-state index contributed by atoms with van der Waals surface area (Å²) < 4.78 is 38.3. The second-order valence-corrected chi connectivity index (χ2v) is 6.91. The molecule has 0 saturated carbocycles. The summed E-state index contributed by atoms with van der Waals surface area (Å²) in [5, 5.41) is 0.744. The van der Waals surface area contributed by atoms with E-state index in [0.29, 0.717) is 22.6 Å². The van der Waals surface area contributed by atoms with Crippen LogP contribution in [0, 0.1) is 19.3 Å². The molecule has 5 nitrogen and oxygen atoms in total. The molecule has 1 unspecified atom stereocenters. The topological polar surface area (TPSA) is 72.1 Å². The molecule has 0 aliphatic heterocycles. The smallest absolute Gasteiger partial charge is 0.383 e. The van der Waals surface area contributed by atoms with Crippen molar-refractivity contribution in [3.63, 3.8) is 0 Å². The summed E-state index contributed by atoms with van der Waals surface area (Å²) >= 11 is 0. The second-order valence-electron chi connectivity index (χ2n) is 6.91. The molecule has 0 bridgehead atoms. The minimum absolute atomic E-state index is 0.0284. The van der Waals surface area contributed by atoms with E-state index in [-0.39, 0.29) is 12.5 Å². The molecular weight excluding hydrogens is 393 g/mol. The highest BCUT2D eigenvalue weighted by Gasteiger charge is 2.31. The van der Waals surface area contributed by atoms with Crippen LogP contribution >= 0.6 is 0 Å². The number of rotatable bonds is 4. The molecule has 2 aromatic heterocycles. The van der Waals surface area contributed by atoms with E-state index in [2.05, 4.69) is 15.9 Å². The van der Waals surface area contributed by atoms with Crippen LogP contribution in [0.15, 0.2) is 42.6 Å². The van der Waals surface area contributed by atoms with Gasteiger partial charge in [-0.05, 0) is 55.8 Å². The molecule has 3 rings (SSSR count). The summed E-state index contributed by atoms with van der Waals surface area (Å²) in [6.45, 7) is 3.45. The maximum atomic E-state index is 13.1. The molecule has 154 valence electrons. The number of nitrogens with zero attached hydrogens (tertiary/aromatic N) is 3. The van der Waals surface area contributed by atoms with E-state index in [9.17, 15) is 18.0 Å². The number of aromatic nitrogens is 2. The van der Waals surface area contributed by atoms with Crippen molar-refractivity contribution in [2.45, 2.75) is 32.6 Å². The van der Waals surface area contributed by atoms with E-state index < -0.39 is 17.8 Å². The van der Waals surface area contributed by atoms with Crippen LogP contribution in [0.1, 0.15) is 34.1 Å². The maximum Gasteiger partial charge on any atom is 0.417 e. The minimum atomic E-state index is -4.48. The maximum absolute atomic E-state index is 13.1. The van der Waals surface area contributed by atoms with E-state index in [4.69, 9.17) is 12.2 Å². The number of pyridine rings is 2. The highest BCUT2D eigenvalue weighted by molar-refractivity contribution is 5.98. The van der Waals surface area contributed by atoms with Gasteiger partial charge < -0.3 is 10.6 Å². The highest BCUT2D eigenvalue weighted by Crippen LogP contribution is 2.28. The SMILES string of the molecule is C#CC(C)N(Cc1ccc(C(F)(F)F)cn1)C(=O)c1ccc2nc(N)c(C)cc2c1. The third-order valence-electron chi connectivity index (χ3n) is 4.75. The third kappa shape index (κ3) is 4.35. The fourth-order valence-electron chi connectivity index (χ4n) is 2.93. The largest absolute Gasteiger partial charge is 0.417 e. The number of nitrogens with two attached hydrogens (primary N) is 1. The van der Waals surface area contributed by atoms with Gasteiger partial charge >= 0.3 is 6.18 Å². The van der Waals surface area contributed by atoms with Crippen molar-refractivity contribution in [1.82, 2.24) is 14.9 Å². The van der Waals surface area contributed by atoms with Crippen LogP contribution in [0.5, 0.6) is 0 Å². The third-order valence-corrected chi connectivity index (χ3v) is 4.75. The van der Waals surface area contributed by atoms with Crippen molar-refractivity contribution in [2.24, 2.45) is 0 Å². The zero-order valence-electron chi connectivity index (χ0n) is 16.4. The Hall–Kier alpha value is -3.60. The number of benzene rings is 1. The first-order chi connectivity index (χ1) is 14.1. The van der Waals surface area contributed by atoms with Crippen LogP contribution in [0.3, 0.4) is 0 Å². The zero-order valence-corrected chi connectivity index (χ0v) is 16.4. The lowest BCUT2D eigenvalue weighted by atomic mass is 10.1. The molecule has 0 aliphatic carbocycles. The normalized spacial score (nSPS) is 12.4. The molecule has 8 heteroatoms. The number of hydrogen-bond acceptors (Lipinski definition) is 4. The zero-order chi connectivity index (χ0) is 22.1. The van der Waals surface area contributed by atoms with Crippen molar-refractivity contribution in [1.29, 1.82) is 0 Å². The number of alkyl halides is 3. The highest BCUT2D eigenvalue weighted by atomic mass is 19.4. The van der Waals surface area contributed by atoms with Gasteiger partial charge in [-0.3, -0.25) is 9.78 Å². The predicted octanol–water partition coefficient (Wildman–Crippen LogP) is 4.20. The van der Waals surface area contributed by atoms with Crippen molar-refractivity contribution < 1.29 is 18.0 Å². The van der Waals surface area contributed by atoms with Crippen LogP contribution < -0.4 is 5.73 Å². The number of fused-ring (bicyclic) bond motifs is 1. The Morgan fingerprint density at radius 3 is 2.60 bits per heavy atom. The van der Waals surface area contributed by atoms with Gasteiger partial charge in [0, 0.05) is 17.1 Å². The molecule has 0 saturated heterocycles. The van der Waals surface area contributed by atoms with Crippen LogP contribution in [-0.4, -0.2) is 26.8 Å². The Kier molecular flexibility index (Phi) is 5.65. The molecule has 1 aromatic carbocycles. The minimum Gasteiger partial charge on any atom is -0.383 e. The van der Waals surface area contributed by atoms with Crippen molar-refractivity contribution in [2.75, 3.05) is 5.73 Å². The summed E-state index contributed by atoms with van der Waals surface area (Å²) in [4.78, 5) is 22.7. The first-order valence-electron chi connectivity index (χ1n) is 9.06. The first-order valence-corrected chi connectivity index (χ1v) is 9.06. The Labute approximate surface area is 171 Å². The number of nitrogen functional groups attached to an aromatic ring is 1. The van der Waals surface area contributed by atoms with Crippen LogP contribution in [0.25, 0.3) is 10.9 Å². The Morgan fingerprint density at radius 1 is 1.27 bits per heavy atom. The Balaban J connectivity index is 1.92. The summed E-state index contributed by atoms with van der Waals surface area (Å²) in [7, 11) is 0. The quantitative estimate of drug-likeness (QED) is 0.652. The Bertz CT molecular complexity index is 1130. The number of terminal acetylenes is 1.